The van der Waals surface area contributed by atoms with Crippen LogP contribution in [-0.2, 0) is 17.9 Å². The molecule has 3 N–H and O–H groups in total. The van der Waals surface area contributed by atoms with E-state index in [0.717, 1.165) is 104 Å². The zero-order valence-corrected chi connectivity index (χ0v) is 31.4. The number of carbonyl (C=O) groups excluding carboxylic acids is 2. The van der Waals surface area contributed by atoms with Crippen molar-refractivity contribution >= 4 is 29.2 Å². The highest BCUT2D eigenvalue weighted by Crippen LogP contribution is 2.43. The number of carboxylic acids is 1. The molecule has 2 aliphatic heterocycles. The SMILES string of the molecule is Cc1c(NC(=O)c2cc(C3CC3)c(CN3CCCC3)cn2)cccc1-c1cccc(NC(=O)c2cc(C3CC3)c(CN3CCCC[C@H]3C(=O)O)cn2)c1C. The van der Waals surface area contributed by atoms with Crippen molar-refractivity contribution < 1.29 is 19.5 Å². The minimum absolute atomic E-state index is 0.218. The van der Waals surface area contributed by atoms with Gasteiger partial charge < -0.3 is 15.7 Å². The molecule has 10 nitrogen and oxygen atoms in total. The van der Waals surface area contributed by atoms with E-state index in [0.29, 0.717) is 41.9 Å². The molecule has 8 rings (SSSR count). The van der Waals surface area contributed by atoms with Gasteiger partial charge in [-0.2, -0.15) is 0 Å². The number of rotatable bonds is 12. The van der Waals surface area contributed by atoms with E-state index in [4.69, 9.17) is 0 Å². The number of benzene rings is 2. The normalized spacial score (nSPS) is 19.1. The van der Waals surface area contributed by atoms with E-state index >= 15 is 0 Å². The third kappa shape index (κ3) is 7.81. The maximum absolute atomic E-state index is 13.7. The summed E-state index contributed by atoms with van der Waals surface area (Å²) in [6.45, 7) is 8.43. The third-order valence-corrected chi connectivity index (χ3v) is 11.9. The molecule has 280 valence electrons. The monoisotopic (exact) mass is 726 g/mol. The highest BCUT2D eigenvalue weighted by atomic mass is 16.4. The average molecular weight is 727 g/mol. The zero-order chi connectivity index (χ0) is 37.3. The quantitative estimate of drug-likeness (QED) is 0.134. The number of nitrogens with one attached hydrogen (secondary N) is 2. The third-order valence-electron chi connectivity index (χ3n) is 11.9. The van der Waals surface area contributed by atoms with Crippen molar-refractivity contribution in [1.29, 1.82) is 0 Å². The van der Waals surface area contributed by atoms with Crippen molar-refractivity contribution in [2.45, 2.75) is 103 Å². The van der Waals surface area contributed by atoms with Gasteiger partial charge in [-0.05, 0) is 165 Å². The van der Waals surface area contributed by atoms with Crippen LogP contribution < -0.4 is 10.6 Å². The number of nitrogens with zero attached hydrogens (tertiary/aromatic N) is 4. The van der Waals surface area contributed by atoms with Crippen LogP contribution in [0.5, 0.6) is 0 Å². The molecular formula is C44H50N6O4. The Morgan fingerprint density at radius 3 is 1.69 bits per heavy atom. The Bertz CT molecular complexity index is 2080. The number of hydrogen-bond acceptors (Lipinski definition) is 7. The van der Waals surface area contributed by atoms with E-state index in [1.54, 1.807) is 6.20 Å². The number of anilines is 2. The summed E-state index contributed by atoms with van der Waals surface area (Å²) in [5.41, 5.74) is 10.6. The summed E-state index contributed by atoms with van der Waals surface area (Å²) < 4.78 is 0. The van der Waals surface area contributed by atoms with Gasteiger partial charge in [0.15, 0.2) is 0 Å². The Kier molecular flexibility index (Phi) is 10.3. The molecule has 0 unspecified atom stereocenters. The molecule has 4 heterocycles. The molecule has 0 radical (unpaired) electrons. The number of carboxylic acid groups (broad SMARTS) is 1. The molecule has 2 amide bonds. The van der Waals surface area contributed by atoms with Gasteiger partial charge in [0.25, 0.3) is 11.8 Å². The van der Waals surface area contributed by atoms with Crippen molar-refractivity contribution in [2.75, 3.05) is 30.3 Å². The van der Waals surface area contributed by atoms with Gasteiger partial charge in [0, 0.05) is 36.9 Å². The first-order chi connectivity index (χ1) is 26.2. The summed E-state index contributed by atoms with van der Waals surface area (Å²) in [5.74, 6) is -0.384. The molecule has 54 heavy (non-hydrogen) atoms. The van der Waals surface area contributed by atoms with E-state index in [9.17, 15) is 19.5 Å². The van der Waals surface area contributed by atoms with E-state index < -0.39 is 12.0 Å². The Morgan fingerprint density at radius 1 is 0.685 bits per heavy atom. The fourth-order valence-corrected chi connectivity index (χ4v) is 8.42. The highest BCUT2D eigenvalue weighted by Gasteiger charge is 2.33. The van der Waals surface area contributed by atoms with Crippen LogP contribution in [0.15, 0.2) is 60.9 Å². The molecule has 0 bridgehead atoms. The standard InChI is InChI=1S/C44H50N6O4/c1-27-33(9-7-11-37(27)47-42(51)39-21-35(29-14-15-29)31(23-45-39)25-49-18-5-6-19-49)34-10-8-12-38(28(34)2)48-43(52)40-22-36(30-16-17-30)32(24-46-40)26-50-20-4-3-13-41(50)44(53)54/h7-12,21-24,29-30,41H,3-6,13-20,25-26H2,1-2H3,(H,47,51)(H,48,52)(H,53,54)/t41-/m0/s1. The lowest BCUT2D eigenvalue weighted by Crippen LogP contribution is -2.44. The van der Waals surface area contributed by atoms with Crippen LogP contribution >= 0.6 is 0 Å². The number of aromatic nitrogens is 2. The first kappa shape index (κ1) is 36.1. The van der Waals surface area contributed by atoms with Gasteiger partial charge in [0.05, 0.1) is 0 Å². The van der Waals surface area contributed by atoms with Crippen molar-refractivity contribution in [3.8, 4) is 11.1 Å². The Hall–Kier alpha value is -4.93. The molecule has 10 heteroatoms. The first-order valence-electron chi connectivity index (χ1n) is 19.7. The fourth-order valence-electron chi connectivity index (χ4n) is 8.42. The van der Waals surface area contributed by atoms with Crippen LogP contribution in [0, 0.1) is 13.8 Å². The molecule has 4 fully saturated rings. The smallest absolute Gasteiger partial charge is 0.320 e. The van der Waals surface area contributed by atoms with Gasteiger partial charge in [0.1, 0.15) is 17.4 Å². The minimum atomic E-state index is -0.774. The van der Waals surface area contributed by atoms with Crippen molar-refractivity contribution in [3.05, 3.63) is 106 Å². The molecule has 2 saturated carbocycles. The number of amides is 2. The fraction of sp³-hybridized carbons (Fsp3) is 0.432. The number of aliphatic carboxylic acids is 1. The zero-order valence-electron chi connectivity index (χ0n) is 31.4. The second-order valence-corrected chi connectivity index (χ2v) is 15.8. The molecule has 0 spiro atoms. The predicted molar refractivity (Wildman–Crippen MR) is 210 cm³/mol. The number of likely N-dealkylation sites (tertiary alicyclic amines) is 2. The van der Waals surface area contributed by atoms with E-state index in [-0.39, 0.29) is 11.8 Å². The lowest BCUT2D eigenvalue weighted by atomic mass is 9.94. The second kappa shape index (κ2) is 15.4. The maximum Gasteiger partial charge on any atom is 0.320 e. The maximum atomic E-state index is 13.7. The molecule has 4 aromatic rings. The van der Waals surface area contributed by atoms with Crippen LogP contribution in [0.1, 0.15) is 124 Å². The highest BCUT2D eigenvalue weighted by molar-refractivity contribution is 6.05. The van der Waals surface area contributed by atoms with Gasteiger partial charge in [-0.15, -0.1) is 0 Å². The molecular weight excluding hydrogens is 677 g/mol. The van der Waals surface area contributed by atoms with Crippen LogP contribution in [0.4, 0.5) is 11.4 Å². The van der Waals surface area contributed by atoms with Gasteiger partial charge in [0.2, 0.25) is 0 Å². The van der Waals surface area contributed by atoms with Crippen LogP contribution in [-0.4, -0.2) is 68.3 Å². The molecule has 2 aromatic heterocycles. The lowest BCUT2D eigenvalue weighted by molar-refractivity contribution is -0.144. The molecule has 2 aromatic carbocycles. The van der Waals surface area contributed by atoms with Crippen molar-refractivity contribution in [2.24, 2.45) is 0 Å². The number of piperidine rings is 1. The first-order valence-corrected chi connectivity index (χ1v) is 19.7. The topological polar surface area (TPSA) is 128 Å². The molecule has 2 saturated heterocycles. The van der Waals surface area contributed by atoms with Crippen molar-refractivity contribution in [3.63, 3.8) is 0 Å². The van der Waals surface area contributed by atoms with Gasteiger partial charge in [-0.25, -0.2) is 0 Å². The van der Waals surface area contributed by atoms with Crippen LogP contribution in [0.3, 0.4) is 0 Å². The summed E-state index contributed by atoms with van der Waals surface area (Å²) in [5, 5.41) is 16.0. The lowest BCUT2D eigenvalue weighted by Gasteiger charge is -2.33. The molecule has 2 aliphatic carbocycles. The number of hydrogen-bond donors (Lipinski definition) is 3. The van der Waals surface area contributed by atoms with Crippen molar-refractivity contribution in [1.82, 2.24) is 19.8 Å². The van der Waals surface area contributed by atoms with E-state index in [2.05, 4.69) is 25.5 Å². The van der Waals surface area contributed by atoms with Crippen LogP contribution in [0.25, 0.3) is 11.1 Å². The Morgan fingerprint density at radius 2 is 1.19 bits per heavy atom. The average Bonchev–Trinajstić information content (AvgIpc) is 4.12. The number of carbonyl (C=O) groups is 3. The molecule has 1 atom stereocenters. The Balaban J connectivity index is 0.982. The summed E-state index contributed by atoms with van der Waals surface area (Å²) in [4.78, 5) is 53.0. The van der Waals surface area contributed by atoms with Crippen LogP contribution in [0.2, 0.25) is 0 Å². The Labute approximate surface area is 317 Å². The summed E-state index contributed by atoms with van der Waals surface area (Å²) >= 11 is 0. The largest absolute Gasteiger partial charge is 0.480 e. The summed E-state index contributed by atoms with van der Waals surface area (Å²) in [7, 11) is 0. The van der Waals surface area contributed by atoms with Gasteiger partial charge >= 0.3 is 5.97 Å². The van der Waals surface area contributed by atoms with E-state index in [1.165, 1.54) is 24.0 Å². The minimum Gasteiger partial charge on any atom is -0.480 e. The van der Waals surface area contributed by atoms with Gasteiger partial charge in [-0.3, -0.25) is 34.2 Å². The number of pyridine rings is 2. The van der Waals surface area contributed by atoms with E-state index in [1.807, 2.05) is 73.5 Å². The van der Waals surface area contributed by atoms with Gasteiger partial charge in [-0.1, -0.05) is 30.7 Å². The predicted octanol–water partition coefficient (Wildman–Crippen LogP) is 8.05. The summed E-state index contributed by atoms with van der Waals surface area (Å²) in [6, 6.07) is 15.2. The second-order valence-electron chi connectivity index (χ2n) is 15.8. The summed E-state index contributed by atoms with van der Waals surface area (Å²) in [6.07, 6.45) is 13.2. The molecule has 4 aliphatic rings.